The van der Waals surface area contributed by atoms with Gasteiger partial charge in [0.1, 0.15) is 6.26 Å². The molecule has 2 aromatic rings. The first-order valence-electron chi connectivity index (χ1n) is 7.77. The fraction of sp³-hybridized carbons (Fsp3) is 0.471. The summed E-state index contributed by atoms with van der Waals surface area (Å²) in [5.74, 6) is 0.673. The van der Waals surface area contributed by atoms with Gasteiger partial charge in [0.15, 0.2) is 0 Å². The molecule has 0 aliphatic carbocycles. The van der Waals surface area contributed by atoms with Gasteiger partial charge < -0.3 is 14.9 Å². The van der Waals surface area contributed by atoms with E-state index in [9.17, 15) is 0 Å². The Morgan fingerprint density at radius 3 is 2.91 bits per heavy atom. The van der Waals surface area contributed by atoms with Crippen LogP contribution in [0.1, 0.15) is 18.5 Å². The van der Waals surface area contributed by atoms with Crippen LogP contribution in [0.3, 0.4) is 0 Å². The van der Waals surface area contributed by atoms with Crippen molar-refractivity contribution in [2.75, 3.05) is 20.2 Å². The van der Waals surface area contributed by atoms with Gasteiger partial charge in [-0.25, -0.2) is 4.98 Å². The average Bonchev–Trinajstić information content (AvgIpc) is 3.04. The average molecular weight is 301 g/mol. The van der Waals surface area contributed by atoms with E-state index in [4.69, 9.17) is 14.9 Å². The van der Waals surface area contributed by atoms with Crippen LogP contribution in [0.2, 0.25) is 0 Å². The lowest BCUT2D eigenvalue weighted by atomic mass is 9.99. The summed E-state index contributed by atoms with van der Waals surface area (Å²) in [6.45, 7) is 2.39. The van der Waals surface area contributed by atoms with E-state index in [1.54, 1.807) is 13.4 Å². The molecule has 22 heavy (non-hydrogen) atoms. The van der Waals surface area contributed by atoms with Crippen molar-refractivity contribution in [1.29, 1.82) is 0 Å². The number of nitrogens with two attached hydrogens (primary N) is 1. The lowest BCUT2D eigenvalue weighted by Crippen LogP contribution is -2.48. The maximum Gasteiger partial charge on any atom is 0.226 e. The van der Waals surface area contributed by atoms with Gasteiger partial charge in [0, 0.05) is 38.3 Å². The highest BCUT2D eigenvalue weighted by molar-refractivity contribution is 5.52. The van der Waals surface area contributed by atoms with E-state index in [1.807, 2.05) is 30.3 Å². The number of hydrogen-bond acceptors (Lipinski definition) is 5. The lowest BCUT2D eigenvalue weighted by molar-refractivity contribution is 0.00978. The predicted molar refractivity (Wildman–Crippen MR) is 85.2 cm³/mol. The fourth-order valence-corrected chi connectivity index (χ4v) is 3.03. The van der Waals surface area contributed by atoms with Gasteiger partial charge in [-0.2, -0.15) is 0 Å². The molecule has 5 heteroatoms. The molecule has 0 saturated carbocycles. The van der Waals surface area contributed by atoms with Gasteiger partial charge >= 0.3 is 0 Å². The van der Waals surface area contributed by atoms with Gasteiger partial charge in [0.05, 0.1) is 11.8 Å². The van der Waals surface area contributed by atoms with Crippen molar-refractivity contribution in [2.24, 2.45) is 5.73 Å². The predicted octanol–water partition coefficient (Wildman–Crippen LogP) is 2.28. The Balaban J connectivity index is 1.67. The summed E-state index contributed by atoms with van der Waals surface area (Å²) in [4.78, 5) is 6.98. The van der Waals surface area contributed by atoms with Crippen molar-refractivity contribution in [3.8, 4) is 11.5 Å². The number of piperidine rings is 1. The molecule has 1 aliphatic rings. The molecule has 0 radical (unpaired) electrons. The molecule has 1 saturated heterocycles. The number of benzene rings is 1. The molecule has 0 amide bonds. The van der Waals surface area contributed by atoms with Gasteiger partial charge in [-0.05, 0) is 25.0 Å². The minimum Gasteiger partial charge on any atom is -0.444 e. The second-order valence-electron chi connectivity index (χ2n) is 5.75. The van der Waals surface area contributed by atoms with Crippen LogP contribution in [-0.2, 0) is 11.3 Å². The second kappa shape index (κ2) is 7.05. The normalized spacial score (nSPS) is 22.8. The summed E-state index contributed by atoms with van der Waals surface area (Å²) < 4.78 is 11.1. The minimum absolute atomic E-state index is 0.321. The van der Waals surface area contributed by atoms with Crippen molar-refractivity contribution in [3.63, 3.8) is 0 Å². The van der Waals surface area contributed by atoms with Crippen LogP contribution >= 0.6 is 0 Å². The highest BCUT2D eigenvalue weighted by Crippen LogP contribution is 2.23. The van der Waals surface area contributed by atoms with Crippen LogP contribution in [0.4, 0.5) is 0 Å². The van der Waals surface area contributed by atoms with Gasteiger partial charge in [-0.3, -0.25) is 4.90 Å². The number of likely N-dealkylation sites (tertiary alicyclic amines) is 1. The quantitative estimate of drug-likeness (QED) is 0.918. The van der Waals surface area contributed by atoms with Crippen molar-refractivity contribution in [2.45, 2.75) is 31.5 Å². The van der Waals surface area contributed by atoms with Crippen LogP contribution < -0.4 is 5.73 Å². The van der Waals surface area contributed by atoms with E-state index in [1.165, 1.54) is 0 Å². The molecule has 1 fully saturated rings. The van der Waals surface area contributed by atoms with E-state index >= 15 is 0 Å². The molecule has 2 unspecified atom stereocenters. The van der Waals surface area contributed by atoms with E-state index in [2.05, 4.69) is 9.88 Å². The molecule has 1 aromatic carbocycles. The van der Waals surface area contributed by atoms with Crippen LogP contribution in [0.5, 0.6) is 0 Å². The van der Waals surface area contributed by atoms with Gasteiger partial charge in [0.25, 0.3) is 0 Å². The summed E-state index contributed by atoms with van der Waals surface area (Å²) >= 11 is 0. The molecule has 2 atom stereocenters. The Kier molecular flexibility index (Phi) is 4.87. The standard InChI is InChI=1S/C17H23N3O2/c1-21-16-7-8-20(15(9-16)10-18)11-14-12-22-17(19-14)13-5-3-2-4-6-13/h2-6,12,15-16H,7-11,18H2,1H3. The monoisotopic (exact) mass is 301 g/mol. The maximum atomic E-state index is 5.92. The third-order valence-corrected chi connectivity index (χ3v) is 4.33. The smallest absolute Gasteiger partial charge is 0.226 e. The molecule has 1 aliphatic heterocycles. The zero-order chi connectivity index (χ0) is 15.4. The number of methoxy groups -OCH3 is 1. The fourth-order valence-electron chi connectivity index (χ4n) is 3.03. The number of rotatable bonds is 5. The first kappa shape index (κ1) is 15.2. The second-order valence-corrected chi connectivity index (χ2v) is 5.75. The summed E-state index contributed by atoms with van der Waals surface area (Å²) in [7, 11) is 1.78. The first-order valence-corrected chi connectivity index (χ1v) is 7.77. The van der Waals surface area contributed by atoms with Crippen LogP contribution in [0, 0.1) is 0 Å². The maximum absolute atomic E-state index is 5.92. The van der Waals surface area contributed by atoms with E-state index in [-0.39, 0.29) is 0 Å². The molecule has 3 rings (SSSR count). The Bertz CT molecular complexity index is 585. The summed E-state index contributed by atoms with van der Waals surface area (Å²) in [5, 5.41) is 0. The van der Waals surface area contributed by atoms with Crippen LogP contribution in [0.25, 0.3) is 11.5 Å². The lowest BCUT2D eigenvalue weighted by Gasteiger charge is -2.37. The molecule has 1 aromatic heterocycles. The molecular formula is C17H23N3O2. The van der Waals surface area contributed by atoms with E-state index in [0.717, 1.165) is 37.2 Å². The Labute approximate surface area is 131 Å². The molecule has 0 bridgehead atoms. The van der Waals surface area contributed by atoms with Crippen molar-refractivity contribution < 1.29 is 9.15 Å². The van der Waals surface area contributed by atoms with Crippen molar-refractivity contribution in [1.82, 2.24) is 9.88 Å². The third kappa shape index (κ3) is 3.38. The molecule has 2 heterocycles. The number of ether oxygens (including phenoxy) is 1. The zero-order valence-corrected chi connectivity index (χ0v) is 12.9. The van der Waals surface area contributed by atoms with Crippen molar-refractivity contribution in [3.05, 3.63) is 42.3 Å². The molecular weight excluding hydrogens is 278 g/mol. The van der Waals surface area contributed by atoms with Crippen molar-refractivity contribution >= 4 is 0 Å². The largest absolute Gasteiger partial charge is 0.444 e. The minimum atomic E-state index is 0.321. The summed E-state index contributed by atoms with van der Waals surface area (Å²) in [6, 6.07) is 10.3. The van der Waals surface area contributed by atoms with Gasteiger partial charge in [-0.15, -0.1) is 0 Å². The van der Waals surface area contributed by atoms with Gasteiger partial charge in [-0.1, -0.05) is 18.2 Å². The molecule has 2 N–H and O–H groups in total. The van der Waals surface area contributed by atoms with Gasteiger partial charge in [0.2, 0.25) is 5.89 Å². The number of oxazole rings is 1. The zero-order valence-electron chi connectivity index (χ0n) is 12.9. The van der Waals surface area contributed by atoms with Crippen LogP contribution in [0.15, 0.2) is 41.0 Å². The molecule has 5 nitrogen and oxygen atoms in total. The highest BCUT2D eigenvalue weighted by atomic mass is 16.5. The molecule has 0 spiro atoms. The number of aromatic nitrogens is 1. The number of hydrogen-bond donors (Lipinski definition) is 1. The Morgan fingerprint density at radius 2 is 2.18 bits per heavy atom. The summed E-state index contributed by atoms with van der Waals surface area (Å²) in [6.07, 6.45) is 4.09. The molecule has 118 valence electrons. The first-order chi connectivity index (χ1) is 10.8. The van der Waals surface area contributed by atoms with Crippen LogP contribution in [-0.4, -0.2) is 42.2 Å². The highest BCUT2D eigenvalue weighted by Gasteiger charge is 2.28. The van der Waals surface area contributed by atoms with E-state index < -0.39 is 0 Å². The SMILES string of the molecule is COC1CCN(Cc2coc(-c3ccccc3)n2)C(CN)C1. The Hall–Kier alpha value is -1.69. The van der Waals surface area contributed by atoms with E-state index in [0.29, 0.717) is 24.6 Å². The number of nitrogens with zero attached hydrogens (tertiary/aromatic N) is 2. The third-order valence-electron chi connectivity index (χ3n) is 4.33. The topological polar surface area (TPSA) is 64.5 Å². The summed E-state index contributed by atoms with van der Waals surface area (Å²) in [5.41, 5.74) is 7.87. The Morgan fingerprint density at radius 1 is 1.36 bits per heavy atom.